The monoisotopic (exact) mass is 254 g/mol. The van der Waals surface area contributed by atoms with E-state index in [2.05, 4.69) is 17.1 Å². The number of rotatable bonds is 4. The van der Waals surface area contributed by atoms with Gasteiger partial charge < -0.3 is 15.3 Å². The molecule has 0 saturated carbocycles. The maximum absolute atomic E-state index is 11.9. The normalized spacial score (nSPS) is 19.3. The van der Waals surface area contributed by atoms with Crippen molar-refractivity contribution >= 4 is 11.9 Å². The molecule has 0 atom stereocenters. The highest BCUT2D eigenvalue weighted by atomic mass is 16.4. The molecule has 0 aromatic heterocycles. The van der Waals surface area contributed by atoms with Crippen LogP contribution in [-0.4, -0.2) is 47.6 Å². The van der Waals surface area contributed by atoms with Gasteiger partial charge in [-0.25, -0.2) is 4.79 Å². The van der Waals surface area contributed by atoms with Crippen molar-refractivity contribution < 1.29 is 14.7 Å². The van der Waals surface area contributed by atoms with Crippen LogP contribution in [-0.2, 0) is 9.59 Å². The SMILES string of the molecule is CCN1CCC(NC(=O)C(C)=C(C)C(=O)O)CC1. The molecular weight excluding hydrogens is 232 g/mol. The van der Waals surface area contributed by atoms with E-state index in [4.69, 9.17) is 5.11 Å². The fraction of sp³-hybridized carbons (Fsp3) is 0.692. The van der Waals surface area contributed by atoms with Crippen molar-refractivity contribution in [1.29, 1.82) is 0 Å². The average Bonchev–Trinajstić information content (AvgIpc) is 2.37. The number of carboxylic acids is 1. The molecule has 0 aliphatic carbocycles. The standard InChI is InChI=1S/C13H22N2O3/c1-4-15-7-5-11(6-8-15)14-12(16)9(2)10(3)13(17)18/h11H,4-8H2,1-3H3,(H,14,16)(H,17,18). The number of carboxylic acid groups (broad SMARTS) is 1. The summed E-state index contributed by atoms with van der Waals surface area (Å²) in [6.45, 7) is 8.15. The highest BCUT2D eigenvalue weighted by molar-refractivity contribution is 6.01. The molecule has 1 amide bonds. The van der Waals surface area contributed by atoms with Gasteiger partial charge in [0.05, 0.1) is 0 Å². The van der Waals surface area contributed by atoms with E-state index in [9.17, 15) is 9.59 Å². The summed E-state index contributed by atoms with van der Waals surface area (Å²) < 4.78 is 0. The molecule has 5 nitrogen and oxygen atoms in total. The van der Waals surface area contributed by atoms with E-state index in [1.165, 1.54) is 6.92 Å². The van der Waals surface area contributed by atoms with E-state index in [-0.39, 0.29) is 17.5 Å². The third-order valence-corrected chi connectivity index (χ3v) is 3.59. The Kier molecular flexibility index (Phi) is 5.34. The predicted molar refractivity (Wildman–Crippen MR) is 69.3 cm³/mol. The van der Waals surface area contributed by atoms with Gasteiger partial charge in [-0.1, -0.05) is 6.92 Å². The first-order chi connectivity index (χ1) is 8.45. The lowest BCUT2D eigenvalue weighted by molar-refractivity contribution is -0.133. The Bertz CT molecular complexity index is 355. The van der Waals surface area contributed by atoms with Crippen LogP contribution in [0.2, 0.25) is 0 Å². The molecule has 0 aromatic rings. The number of likely N-dealkylation sites (tertiary alicyclic amines) is 1. The molecule has 0 spiro atoms. The Morgan fingerprint density at radius 2 is 1.78 bits per heavy atom. The fourth-order valence-corrected chi connectivity index (χ4v) is 2.02. The van der Waals surface area contributed by atoms with Crippen molar-refractivity contribution in [3.63, 3.8) is 0 Å². The molecule has 102 valence electrons. The van der Waals surface area contributed by atoms with Crippen molar-refractivity contribution in [1.82, 2.24) is 10.2 Å². The van der Waals surface area contributed by atoms with Gasteiger partial charge in [-0.2, -0.15) is 0 Å². The first-order valence-corrected chi connectivity index (χ1v) is 6.39. The van der Waals surface area contributed by atoms with Gasteiger partial charge in [0, 0.05) is 30.3 Å². The number of aliphatic carboxylic acids is 1. The number of amides is 1. The topological polar surface area (TPSA) is 69.6 Å². The van der Waals surface area contributed by atoms with Gasteiger partial charge in [0.15, 0.2) is 0 Å². The maximum Gasteiger partial charge on any atom is 0.331 e. The Labute approximate surface area is 108 Å². The molecule has 18 heavy (non-hydrogen) atoms. The van der Waals surface area contributed by atoms with E-state index < -0.39 is 5.97 Å². The van der Waals surface area contributed by atoms with Crippen molar-refractivity contribution in [3.8, 4) is 0 Å². The smallest absolute Gasteiger partial charge is 0.331 e. The minimum Gasteiger partial charge on any atom is -0.478 e. The fourth-order valence-electron chi connectivity index (χ4n) is 2.02. The molecule has 0 radical (unpaired) electrons. The zero-order valence-corrected chi connectivity index (χ0v) is 11.3. The second-order valence-corrected chi connectivity index (χ2v) is 4.74. The van der Waals surface area contributed by atoms with Crippen molar-refractivity contribution in [2.75, 3.05) is 19.6 Å². The molecule has 2 N–H and O–H groups in total. The summed E-state index contributed by atoms with van der Waals surface area (Å²) in [5.41, 5.74) is 0.402. The maximum atomic E-state index is 11.9. The number of carbonyl (C=O) groups is 2. The van der Waals surface area contributed by atoms with Gasteiger partial charge in [0.25, 0.3) is 0 Å². The lowest BCUT2D eigenvalue weighted by Gasteiger charge is -2.31. The average molecular weight is 254 g/mol. The highest BCUT2D eigenvalue weighted by Gasteiger charge is 2.21. The van der Waals surface area contributed by atoms with Gasteiger partial charge in [-0.05, 0) is 33.2 Å². The Morgan fingerprint density at radius 3 is 2.22 bits per heavy atom. The lowest BCUT2D eigenvalue weighted by atomic mass is 10.0. The van der Waals surface area contributed by atoms with Crippen molar-refractivity contribution in [2.45, 2.75) is 39.7 Å². The molecule has 0 unspecified atom stereocenters. The molecule has 1 aliphatic heterocycles. The summed E-state index contributed by atoms with van der Waals surface area (Å²) in [7, 11) is 0. The van der Waals surface area contributed by atoms with Crippen LogP contribution in [0.4, 0.5) is 0 Å². The van der Waals surface area contributed by atoms with Crippen LogP contribution in [0.25, 0.3) is 0 Å². The summed E-state index contributed by atoms with van der Waals surface area (Å²) in [4.78, 5) is 25.0. The number of nitrogens with one attached hydrogen (secondary N) is 1. The number of piperidine rings is 1. The third-order valence-electron chi connectivity index (χ3n) is 3.59. The second kappa shape index (κ2) is 6.54. The molecule has 1 saturated heterocycles. The summed E-state index contributed by atoms with van der Waals surface area (Å²) in [5.74, 6) is -1.30. The molecule has 1 fully saturated rings. The summed E-state index contributed by atoms with van der Waals surface area (Å²) >= 11 is 0. The summed E-state index contributed by atoms with van der Waals surface area (Å²) in [6, 6.07) is 0.164. The van der Waals surface area contributed by atoms with E-state index in [1.807, 2.05) is 0 Å². The molecule has 1 aliphatic rings. The van der Waals surface area contributed by atoms with Crippen molar-refractivity contribution in [3.05, 3.63) is 11.1 Å². The van der Waals surface area contributed by atoms with Gasteiger partial charge in [-0.3, -0.25) is 4.79 Å². The van der Waals surface area contributed by atoms with Crippen LogP contribution >= 0.6 is 0 Å². The Hall–Kier alpha value is -1.36. The van der Waals surface area contributed by atoms with Crippen LogP contribution in [0.1, 0.15) is 33.6 Å². The zero-order valence-electron chi connectivity index (χ0n) is 11.3. The van der Waals surface area contributed by atoms with E-state index >= 15 is 0 Å². The first-order valence-electron chi connectivity index (χ1n) is 6.39. The van der Waals surface area contributed by atoms with E-state index in [0.717, 1.165) is 32.5 Å². The molecule has 0 bridgehead atoms. The minimum atomic E-state index is -1.04. The van der Waals surface area contributed by atoms with Crippen molar-refractivity contribution in [2.24, 2.45) is 0 Å². The van der Waals surface area contributed by atoms with Crippen LogP contribution in [0.3, 0.4) is 0 Å². The Morgan fingerprint density at radius 1 is 1.22 bits per heavy atom. The molecule has 1 heterocycles. The van der Waals surface area contributed by atoms with E-state index in [1.54, 1.807) is 6.92 Å². The largest absolute Gasteiger partial charge is 0.478 e. The second-order valence-electron chi connectivity index (χ2n) is 4.74. The molecule has 5 heteroatoms. The van der Waals surface area contributed by atoms with Crippen LogP contribution in [0.5, 0.6) is 0 Å². The van der Waals surface area contributed by atoms with E-state index in [0.29, 0.717) is 5.57 Å². The molecular formula is C13H22N2O3. The molecule has 1 rings (SSSR count). The van der Waals surface area contributed by atoms with Crippen LogP contribution < -0.4 is 5.32 Å². The number of hydrogen-bond donors (Lipinski definition) is 2. The Balaban J connectivity index is 2.51. The highest BCUT2D eigenvalue weighted by Crippen LogP contribution is 2.11. The number of nitrogens with zero attached hydrogens (tertiary/aromatic N) is 1. The van der Waals surface area contributed by atoms with Gasteiger partial charge in [0.1, 0.15) is 0 Å². The minimum absolute atomic E-state index is 0.110. The van der Waals surface area contributed by atoms with Crippen LogP contribution in [0, 0.1) is 0 Å². The number of carbonyl (C=O) groups excluding carboxylic acids is 1. The lowest BCUT2D eigenvalue weighted by Crippen LogP contribution is -2.44. The third kappa shape index (κ3) is 3.84. The molecule has 0 aromatic carbocycles. The summed E-state index contributed by atoms with van der Waals surface area (Å²) in [5, 5.41) is 11.7. The van der Waals surface area contributed by atoms with Gasteiger partial charge in [-0.15, -0.1) is 0 Å². The van der Waals surface area contributed by atoms with Gasteiger partial charge >= 0.3 is 5.97 Å². The summed E-state index contributed by atoms with van der Waals surface area (Å²) in [6.07, 6.45) is 1.86. The van der Waals surface area contributed by atoms with Crippen LogP contribution in [0.15, 0.2) is 11.1 Å². The zero-order chi connectivity index (χ0) is 13.7. The number of hydrogen-bond acceptors (Lipinski definition) is 3. The first kappa shape index (κ1) is 14.7. The predicted octanol–water partition coefficient (Wildman–Crippen LogP) is 1.01. The van der Waals surface area contributed by atoms with Gasteiger partial charge in [0.2, 0.25) is 5.91 Å². The quantitative estimate of drug-likeness (QED) is 0.735.